The van der Waals surface area contributed by atoms with Crippen LogP contribution >= 0.6 is 24.8 Å². The van der Waals surface area contributed by atoms with E-state index in [1.165, 1.54) is 45.7 Å². The average Bonchev–Trinajstić information content (AvgIpc) is 2.58. The second-order valence-electron chi connectivity index (χ2n) is 3.99. The third-order valence-electron chi connectivity index (χ3n) is 3.09. The highest BCUT2D eigenvalue weighted by molar-refractivity contribution is 5.85. The average molecular weight is 242 g/mol. The van der Waals surface area contributed by atoms with Crippen LogP contribution in [-0.4, -0.2) is 62.2 Å². The smallest absolute Gasteiger partial charge is 0.0233 e. The van der Waals surface area contributed by atoms with E-state index >= 15 is 0 Å². The van der Waals surface area contributed by atoms with Crippen molar-refractivity contribution in [3.8, 4) is 0 Å². The van der Waals surface area contributed by atoms with Crippen LogP contribution in [-0.2, 0) is 0 Å². The normalized spacial score (nSPS) is 29.4. The molecule has 5 heteroatoms. The highest BCUT2D eigenvalue weighted by Crippen LogP contribution is 2.10. The Morgan fingerprint density at radius 1 is 1.07 bits per heavy atom. The van der Waals surface area contributed by atoms with Gasteiger partial charge in [0.1, 0.15) is 0 Å². The van der Waals surface area contributed by atoms with Crippen molar-refractivity contribution < 1.29 is 0 Å². The SMILES string of the molecule is CN1CCN([C@@H]2CCNC2)CC1.Cl.Cl. The Morgan fingerprint density at radius 3 is 2.21 bits per heavy atom. The maximum atomic E-state index is 3.43. The van der Waals surface area contributed by atoms with Crippen molar-refractivity contribution in [1.29, 1.82) is 0 Å². The van der Waals surface area contributed by atoms with E-state index in [0.717, 1.165) is 6.04 Å². The molecule has 0 bridgehead atoms. The van der Waals surface area contributed by atoms with Crippen LogP contribution in [0.5, 0.6) is 0 Å². The number of hydrogen-bond acceptors (Lipinski definition) is 3. The van der Waals surface area contributed by atoms with Gasteiger partial charge in [-0.1, -0.05) is 0 Å². The van der Waals surface area contributed by atoms with Crippen molar-refractivity contribution >= 4 is 24.8 Å². The molecule has 0 saturated carbocycles. The van der Waals surface area contributed by atoms with E-state index in [2.05, 4.69) is 22.2 Å². The van der Waals surface area contributed by atoms with Gasteiger partial charge in [-0.15, -0.1) is 24.8 Å². The molecule has 2 rings (SSSR count). The van der Waals surface area contributed by atoms with E-state index in [0.29, 0.717) is 0 Å². The van der Waals surface area contributed by atoms with Crippen LogP contribution in [0.1, 0.15) is 6.42 Å². The van der Waals surface area contributed by atoms with Crippen molar-refractivity contribution in [2.24, 2.45) is 0 Å². The second-order valence-corrected chi connectivity index (χ2v) is 3.99. The van der Waals surface area contributed by atoms with Gasteiger partial charge in [0.05, 0.1) is 0 Å². The van der Waals surface area contributed by atoms with Gasteiger partial charge in [-0.25, -0.2) is 0 Å². The van der Waals surface area contributed by atoms with Crippen LogP contribution in [0.3, 0.4) is 0 Å². The lowest BCUT2D eigenvalue weighted by atomic mass is 10.2. The Labute approximate surface area is 99.0 Å². The highest BCUT2D eigenvalue weighted by atomic mass is 35.5. The molecular weight excluding hydrogens is 221 g/mol. The molecule has 14 heavy (non-hydrogen) atoms. The number of nitrogens with zero attached hydrogens (tertiary/aromatic N) is 2. The number of nitrogens with one attached hydrogen (secondary N) is 1. The van der Waals surface area contributed by atoms with Crippen molar-refractivity contribution in [3.05, 3.63) is 0 Å². The fraction of sp³-hybridized carbons (Fsp3) is 1.00. The van der Waals surface area contributed by atoms with Crippen LogP contribution in [0, 0.1) is 0 Å². The minimum Gasteiger partial charge on any atom is -0.315 e. The summed E-state index contributed by atoms with van der Waals surface area (Å²) >= 11 is 0. The maximum Gasteiger partial charge on any atom is 0.0233 e. The summed E-state index contributed by atoms with van der Waals surface area (Å²) in [5.74, 6) is 0. The van der Waals surface area contributed by atoms with E-state index in [4.69, 9.17) is 0 Å². The molecule has 2 saturated heterocycles. The summed E-state index contributed by atoms with van der Waals surface area (Å²) in [6.45, 7) is 7.46. The zero-order valence-electron chi connectivity index (χ0n) is 8.74. The quantitative estimate of drug-likeness (QED) is 0.719. The summed E-state index contributed by atoms with van der Waals surface area (Å²) < 4.78 is 0. The van der Waals surface area contributed by atoms with Gasteiger partial charge in [0.15, 0.2) is 0 Å². The molecule has 0 amide bonds. The van der Waals surface area contributed by atoms with Gasteiger partial charge in [-0.3, -0.25) is 4.90 Å². The fourth-order valence-corrected chi connectivity index (χ4v) is 2.14. The molecule has 0 aliphatic carbocycles. The van der Waals surface area contributed by atoms with Crippen molar-refractivity contribution in [2.45, 2.75) is 12.5 Å². The molecule has 2 aliphatic rings. The zero-order chi connectivity index (χ0) is 8.39. The predicted molar refractivity (Wildman–Crippen MR) is 64.8 cm³/mol. The standard InChI is InChI=1S/C9H19N3.2ClH/c1-11-4-6-12(7-5-11)9-2-3-10-8-9;;/h9-10H,2-8H2,1H3;2*1H/t9-;;/m1../s1. The molecular formula is C9H21Cl2N3. The lowest BCUT2D eigenvalue weighted by Gasteiger charge is -2.36. The third-order valence-corrected chi connectivity index (χ3v) is 3.09. The molecule has 3 nitrogen and oxygen atoms in total. The van der Waals surface area contributed by atoms with Crippen LogP contribution in [0.4, 0.5) is 0 Å². The molecule has 1 atom stereocenters. The van der Waals surface area contributed by atoms with Crippen molar-refractivity contribution in [3.63, 3.8) is 0 Å². The number of hydrogen-bond donors (Lipinski definition) is 1. The first-order valence-corrected chi connectivity index (χ1v) is 4.99. The highest BCUT2D eigenvalue weighted by Gasteiger charge is 2.24. The molecule has 1 N–H and O–H groups in total. The summed E-state index contributed by atoms with van der Waals surface area (Å²) in [5.41, 5.74) is 0. The number of likely N-dealkylation sites (N-methyl/N-ethyl adjacent to an activating group) is 1. The minimum atomic E-state index is 0. The topological polar surface area (TPSA) is 18.5 Å². The van der Waals surface area contributed by atoms with Crippen LogP contribution in [0.2, 0.25) is 0 Å². The van der Waals surface area contributed by atoms with Gasteiger partial charge in [-0.05, 0) is 20.0 Å². The third kappa shape index (κ3) is 3.55. The Morgan fingerprint density at radius 2 is 1.71 bits per heavy atom. The predicted octanol–water partition coefficient (Wildman–Crippen LogP) is 0.439. The van der Waals surface area contributed by atoms with Gasteiger partial charge in [-0.2, -0.15) is 0 Å². The molecule has 2 aliphatic heterocycles. The van der Waals surface area contributed by atoms with Gasteiger partial charge in [0.2, 0.25) is 0 Å². The molecule has 0 aromatic rings. The minimum absolute atomic E-state index is 0. The molecule has 86 valence electrons. The monoisotopic (exact) mass is 241 g/mol. The number of rotatable bonds is 1. The van der Waals surface area contributed by atoms with Crippen LogP contribution in [0.25, 0.3) is 0 Å². The second kappa shape index (κ2) is 6.85. The summed E-state index contributed by atoms with van der Waals surface area (Å²) in [4.78, 5) is 5.05. The Bertz CT molecular complexity index is 143. The summed E-state index contributed by atoms with van der Waals surface area (Å²) in [5, 5.41) is 3.43. The Balaban J connectivity index is 0.000000845. The Hall–Kier alpha value is 0.460. The lowest BCUT2D eigenvalue weighted by Crippen LogP contribution is -2.49. The van der Waals surface area contributed by atoms with E-state index in [-0.39, 0.29) is 24.8 Å². The first kappa shape index (κ1) is 14.5. The Kier molecular flexibility index (Phi) is 7.08. The van der Waals surface area contributed by atoms with Gasteiger partial charge < -0.3 is 10.2 Å². The molecule has 0 aromatic heterocycles. The van der Waals surface area contributed by atoms with Crippen LogP contribution in [0.15, 0.2) is 0 Å². The fourth-order valence-electron chi connectivity index (χ4n) is 2.14. The van der Waals surface area contributed by atoms with Crippen LogP contribution < -0.4 is 5.32 Å². The van der Waals surface area contributed by atoms with Gasteiger partial charge in [0, 0.05) is 38.8 Å². The number of halogens is 2. The maximum absolute atomic E-state index is 3.43. The molecule has 2 fully saturated rings. The first-order chi connectivity index (χ1) is 5.86. The summed E-state index contributed by atoms with van der Waals surface area (Å²) in [7, 11) is 2.21. The molecule has 0 spiro atoms. The van der Waals surface area contributed by atoms with Crippen molar-refractivity contribution in [1.82, 2.24) is 15.1 Å². The largest absolute Gasteiger partial charge is 0.315 e. The zero-order valence-corrected chi connectivity index (χ0v) is 10.4. The van der Waals surface area contributed by atoms with Gasteiger partial charge in [0.25, 0.3) is 0 Å². The van der Waals surface area contributed by atoms with Crippen molar-refractivity contribution in [2.75, 3.05) is 46.3 Å². The van der Waals surface area contributed by atoms with E-state index < -0.39 is 0 Å². The first-order valence-electron chi connectivity index (χ1n) is 4.99. The van der Waals surface area contributed by atoms with E-state index in [9.17, 15) is 0 Å². The lowest BCUT2D eigenvalue weighted by molar-refractivity contribution is 0.119. The van der Waals surface area contributed by atoms with Gasteiger partial charge >= 0.3 is 0 Å². The number of piperazine rings is 1. The van der Waals surface area contributed by atoms with E-state index in [1.54, 1.807) is 0 Å². The molecule has 0 radical (unpaired) electrons. The molecule has 0 unspecified atom stereocenters. The molecule has 2 heterocycles. The molecule has 0 aromatic carbocycles. The summed E-state index contributed by atoms with van der Waals surface area (Å²) in [6.07, 6.45) is 1.35. The summed E-state index contributed by atoms with van der Waals surface area (Å²) in [6, 6.07) is 0.832. The van der Waals surface area contributed by atoms with E-state index in [1.807, 2.05) is 0 Å².